The Kier molecular flexibility index (Phi) is 41.2. The van der Waals surface area contributed by atoms with Crippen LogP contribution >= 0.6 is 0 Å². The molecule has 0 unspecified atom stereocenters. The average Bonchev–Trinajstić information content (AvgIpc) is 3.92. The number of guanidine groups is 1. The number of ether oxygens (including phenoxy) is 2. The van der Waals surface area contributed by atoms with E-state index < -0.39 is 85.2 Å². The molecule has 456 valence electrons. The number of carboxylic acid groups (broad SMARTS) is 3. The van der Waals surface area contributed by atoms with Crippen molar-refractivity contribution in [2.24, 2.45) is 22.2 Å². The van der Waals surface area contributed by atoms with Gasteiger partial charge in [-0.2, -0.15) is 5.21 Å². The summed E-state index contributed by atoms with van der Waals surface area (Å²) in [6.07, 6.45) is 17.4. The molecule has 0 saturated carbocycles. The second kappa shape index (κ2) is 46.2. The van der Waals surface area contributed by atoms with Gasteiger partial charge in [0.2, 0.25) is 35.4 Å². The van der Waals surface area contributed by atoms with Gasteiger partial charge in [0.15, 0.2) is 11.8 Å². The van der Waals surface area contributed by atoms with Gasteiger partial charge in [-0.1, -0.05) is 75.8 Å². The molecule has 0 bridgehead atoms. The Labute approximate surface area is 468 Å². The van der Waals surface area contributed by atoms with E-state index in [2.05, 4.69) is 57.5 Å². The highest BCUT2D eigenvalue weighted by atomic mass is 16.5. The Morgan fingerprint density at radius 2 is 1.09 bits per heavy atom. The van der Waals surface area contributed by atoms with E-state index in [1.807, 2.05) is 0 Å². The van der Waals surface area contributed by atoms with Crippen LogP contribution < -0.4 is 49.1 Å². The van der Waals surface area contributed by atoms with Crippen LogP contribution in [0.5, 0.6) is 0 Å². The first-order valence-corrected chi connectivity index (χ1v) is 28.1. The second-order valence-electron chi connectivity index (χ2n) is 19.6. The number of unbranched alkanes of at least 4 members (excludes halogenated alkanes) is 14. The zero-order valence-corrected chi connectivity index (χ0v) is 46.9. The summed E-state index contributed by atoms with van der Waals surface area (Å²) in [6, 6.07) is -4.86. The molecule has 1 rings (SSSR count). The molecular weight excluding hydrogens is 1050 g/mol. The minimum absolute atomic E-state index is 0.00619. The number of nitrogens with zero attached hydrogens (tertiary/aromatic N) is 5. The quantitative estimate of drug-likeness (QED) is 0.0227. The van der Waals surface area contributed by atoms with E-state index in [-0.39, 0.29) is 95.8 Å². The van der Waals surface area contributed by atoms with Gasteiger partial charge in [-0.05, 0) is 84.2 Å². The normalized spacial score (nSPS) is 12.6. The molecule has 16 N–H and O–H groups in total. The van der Waals surface area contributed by atoms with E-state index in [1.54, 1.807) is 0 Å². The van der Waals surface area contributed by atoms with Crippen molar-refractivity contribution in [2.45, 2.75) is 185 Å². The zero-order chi connectivity index (χ0) is 59.2. The number of aromatic amines is 1. The van der Waals surface area contributed by atoms with Crippen LogP contribution in [0.15, 0.2) is 4.99 Å². The number of carbonyl (C=O) groups excluding carboxylic acids is 6. The lowest BCUT2D eigenvalue weighted by Crippen LogP contribution is -2.57. The van der Waals surface area contributed by atoms with Gasteiger partial charge in [-0.25, -0.2) is 0 Å². The number of aromatic nitrogens is 4. The first-order chi connectivity index (χ1) is 38.4. The van der Waals surface area contributed by atoms with Gasteiger partial charge in [-0.15, -0.1) is 10.2 Å². The number of rotatable bonds is 53. The number of aryl methyl sites for hydroxylation is 1. The van der Waals surface area contributed by atoms with Crippen LogP contribution in [-0.2, 0) is 59.0 Å². The van der Waals surface area contributed by atoms with Gasteiger partial charge in [0.25, 0.3) is 0 Å². The van der Waals surface area contributed by atoms with Gasteiger partial charge >= 0.3 is 17.9 Å². The molecule has 29 heteroatoms. The number of carboxylic acids is 3. The fourth-order valence-corrected chi connectivity index (χ4v) is 8.39. The molecule has 1 aromatic rings. The number of aliphatic imine (C=N–C) groups is 1. The number of hydrogen-bond acceptors (Lipinski definition) is 17. The van der Waals surface area contributed by atoms with Crippen LogP contribution in [0.1, 0.15) is 160 Å². The lowest BCUT2D eigenvalue weighted by Gasteiger charge is -2.26. The summed E-state index contributed by atoms with van der Waals surface area (Å²) in [4.78, 5) is 117. The average molecular weight is 1140 g/mol. The molecule has 0 aliphatic carbocycles. The molecule has 1 heterocycles. The maximum atomic E-state index is 13.8. The molecule has 80 heavy (non-hydrogen) atoms. The summed E-state index contributed by atoms with van der Waals surface area (Å²) in [5.41, 5.74) is 16.4. The summed E-state index contributed by atoms with van der Waals surface area (Å²) in [6.45, 7) is 0.117. The van der Waals surface area contributed by atoms with Crippen molar-refractivity contribution in [3.63, 3.8) is 0 Å². The second-order valence-corrected chi connectivity index (χ2v) is 19.6. The number of primary amides is 1. The molecule has 29 nitrogen and oxygen atoms in total. The summed E-state index contributed by atoms with van der Waals surface area (Å²) in [7, 11) is 1.51. The third-order valence-electron chi connectivity index (χ3n) is 12.7. The van der Waals surface area contributed by atoms with Crippen LogP contribution in [0.4, 0.5) is 0 Å². The van der Waals surface area contributed by atoms with Crippen molar-refractivity contribution < 1.29 is 67.9 Å². The van der Waals surface area contributed by atoms with Gasteiger partial charge in [0, 0.05) is 38.9 Å². The first kappa shape index (κ1) is 71.4. The van der Waals surface area contributed by atoms with Gasteiger partial charge in [0.1, 0.15) is 24.7 Å². The van der Waals surface area contributed by atoms with Crippen molar-refractivity contribution >= 4 is 59.3 Å². The third-order valence-corrected chi connectivity index (χ3v) is 12.7. The van der Waals surface area contributed by atoms with E-state index in [4.69, 9.17) is 26.7 Å². The molecule has 4 atom stereocenters. The van der Waals surface area contributed by atoms with Crippen molar-refractivity contribution in [2.75, 3.05) is 72.7 Å². The van der Waals surface area contributed by atoms with Crippen LogP contribution in [0.3, 0.4) is 0 Å². The van der Waals surface area contributed by atoms with Gasteiger partial charge < -0.3 is 73.9 Å². The Hall–Kier alpha value is -6.59. The van der Waals surface area contributed by atoms with Crippen LogP contribution in [-0.4, -0.2) is 197 Å². The Balaban J connectivity index is 2.47. The number of hydrogen-bond donors (Lipinski definition) is 13. The van der Waals surface area contributed by atoms with Crippen LogP contribution in [0.2, 0.25) is 0 Å². The Morgan fingerprint density at radius 3 is 1.65 bits per heavy atom. The Morgan fingerprint density at radius 1 is 0.562 bits per heavy atom. The lowest BCUT2D eigenvalue weighted by molar-refractivity contribution is -0.142. The highest BCUT2D eigenvalue weighted by Crippen LogP contribution is 2.14. The number of H-pyrrole nitrogens is 1. The zero-order valence-electron chi connectivity index (χ0n) is 46.9. The molecule has 0 saturated heterocycles. The fourth-order valence-electron chi connectivity index (χ4n) is 8.39. The summed E-state index contributed by atoms with van der Waals surface area (Å²) in [5.74, 6) is -6.79. The molecule has 0 aromatic carbocycles. The van der Waals surface area contributed by atoms with E-state index in [0.29, 0.717) is 38.8 Å². The molecule has 0 spiro atoms. The molecule has 0 aliphatic rings. The predicted octanol–water partition coefficient (Wildman–Crippen LogP) is -0.273. The molecule has 0 fully saturated rings. The molecule has 1 aromatic heterocycles. The van der Waals surface area contributed by atoms with E-state index in [9.17, 15) is 58.5 Å². The van der Waals surface area contributed by atoms with Crippen LogP contribution in [0, 0.1) is 0 Å². The summed E-state index contributed by atoms with van der Waals surface area (Å²) in [5, 5.41) is 57.9. The predicted molar refractivity (Wildman–Crippen MR) is 294 cm³/mol. The van der Waals surface area contributed by atoms with Crippen molar-refractivity contribution in [3.05, 3.63) is 5.82 Å². The highest BCUT2D eigenvalue weighted by Gasteiger charge is 2.31. The van der Waals surface area contributed by atoms with Gasteiger partial charge in [-0.3, -0.25) is 53.0 Å². The molecule has 0 aliphatic heterocycles. The van der Waals surface area contributed by atoms with Gasteiger partial charge in [0.05, 0.1) is 39.0 Å². The number of aliphatic carboxylic acids is 3. The van der Waals surface area contributed by atoms with E-state index in [0.717, 1.165) is 37.9 Å². The Bertz CT molecular complexity index is 1950. The van der Waals surface area contributed by atoms with Crippen LogP contribution in [0.25, 0.3) is 0 Å². The minimum Gasteiger partial charge on any atom is -0.481 e. The van der Waals surface area contributed by atoms with E-state index >= 15 is 0 Å². The maximum Gasteiger partial charge on any atom is 0.317 e. The topological polar surface area (TPSA) is 453 Å². The molecule has 6 amide bonds. The van der Waals surface area contributed by atoms with E-state index in [1.165, 1.54) is 69.7 Å². The number of nitrogens with one attached hydrogen (secondary N) is 7. The van der Waals surface area contributed by atoms with Crippen molar-refractivity contribution in [3.8, 4) is 0 Å². The summed E-state index contributed by atoms with van der Waals surface area (Å²) >= 11 is 0. The fraction of sp³-hybridized carbons (Fsp3) is 0.784. The smallest absolute Gasteiger partial charge is 0.317 e. The number of tetrazole rings is 1. The molecule has 0 radical (unpaired) electrons. The maximum absolute atomic E-state index is 13.8. The van der Waals surface area contributed by atoms with Crippen molar-refractivity contribution in [1.29, 1.82) is 0 Å². The van der Waals surface area contributed by atoms with Crippen molar-refractivity contribution in [1.82, 2.24) is 57.4 Å². The SMILES string of the molecule is CN[C@@H](CCCN=C(N)N)C(=O)N[C@@H](CCC(=O)O)C(=O)N[C@@H](CCCCN(CC(=O)O)CC(=O)O)C(=O)N[C@@H](CCCCNC(=O)COCCOCCNC(=O)CCCCCCCCCCCCCCCc1nn[nH]n1)C(N)=O. The number of nitrogens with two attached hydrogens (primary N) is 3. The number of likely N-dealkylation sites (N-methyl/N-ethyl adjacent to an activating group) is 1. The molecular formula is C51H93N15O14. The highest BCUT2D eigenvalue weighted by molar-refractivity contribution is 5.94. The first-order valence-electron chi connectivity index (χ1n) is 28.1. The standard InChI is InChI=1S/C51H93N15O14/c1-55-38(22-19-28-58-51(53)54)48(76)61-40(25-26-44(69)70)50(78)60-39(21-16-18-30-66(34-45(71)72)35-46(73)74)49(77)59-37(47(52)75)20-15-17-27-56-43(68)36-80-33-32-79-31-29-57-42(67)24-14-12-10-8-6-4-2-3-5-7-9-11-13-23-41-62-64-65-63-41/h37-40,55H,2-36H2,1H3,(H2,52,75)(H,56,68)(H,57,67)(H,59,77)(H,60,78)(H,61,76)(H,69,70)(H,71,72)(H,73,74)(H4,53,54,58)(H,62,63,64,65)/t37-,38-,39-,40-/m0/s1. The lowest BCUT2D eigenvalue weighted by atomic mass is 10.0. The monoisotopic (exact) mass is 1140 g/mol. The number of carbonyl (C=O) groups is 9. The largest absolute Gasteiger partial charge is 0.481 e. The third kappa shape index (κ3) is 39.7. The summed E-state index contributed by atoms with van der Waals surface area (Å²) < 4.78 is 10.9. The minimum atomic E-state index is -1.43. The number of amides is 6.